The van der Waals surface area contributed by atoms with Gasteiger partial charge in [0, 0.05) is 24.7 Å². The number of hydrogen-bond acceptors (Lipinski definition) is 4. The van der Waals surface area contributed by atoms with Crippen LogP contribution in [0.25, 0.3) is 0 Å². The largest absolute Gasteiger partial charge is 0.415 e. The van der Waals surface area contributed by atoms with Gasteiger partial charge in [0.05, 0.1) is 4.90 Å². The lowest BCUT2D eigenvalue weighted by Gasteiger charge is -2.31. The first-order valence-electron chi connectivity index (χ1n) is 8.71. The van der Waals surface area contributed by atoms with Crippen molar-refractivity contribution in [2.45, 2.75) is 17.7 Å². The zero-order valence-electron chi connectivity index (χ0n) is 14.7. The summed E-state index contributed by atoms with van der Waals surface area (Å²) in [6.07, 6.45) is 1.06. The molecule has 144 valence electrons. The first kappa shape index (κ1) is 19.7. The standard InChI is InChI=1S/C19H21ClN2O4S/c20-16-6-8-18(9-7-16)27(24,25)21-14-15-10-12-22(13-11-15)19(23)26-17-4-2-1-3-5-17/h1-9,15,21H,10-14H2. The number of nitrogens with zero attached hydrogens (tertiary/aromatic N) is 1. The first-order valence-corrected chi connectivity index (χ1v) is 10.6. The van der Waals surface area contributed by atoms with Crippen molar-refractivity contribution in [3.8, 4) is 5.75 Å². The third kappa shape index (κ3) is 5.45. The van der Waals surface area contributed by atoms with E-state index in [0.717, 1.165) is 0 Å². The van der Waals surface area contributed by atoms with E-state index >= 15 is 0 Å². The Bertz CT molecular complexity index is 864. The molecule has 2 aromatic rings. The molecule has 1 amide bonds. The predicted octanol–water partition coefficient (Wildman–Crippen LogP) is 3.53. The van der Waals surface area contributed by atoms with Gasteiger partial charge in [-0.3, -0.25) is 0 Å². The minimum Gasteiger partial charge on any atom is -0.410 e. The third-order valence-corrected chi connectivity index (χ3v) is 6.20. The van der Waals surface area contributed by atoms with Crippen molar-refractivity contribution in [3.63, 3.8) is 0 Å². The number of hydrogen-bond donors (Lipinski definition) is 1. The molecule has 1 saturated heterocycles. The number of nitrogens with one attached hydrogen (secondary N) is 1. The molecule has 1 aliphatic rings. The number of sulfonamides is 1. The molecule has 0 atom stereocenters. The van der Waals surface area contributed by atoms with Gasteiger partial charge in [0.2, 0.25) is 10.0 Å². The van der Waals surface area contributed by atoms with Gasteiger partial charge in [-0.1, -0.05) is 29.8 Å². The molecule has 6 nitrogen and oxygen atoms in total. The number of amides is 1. The second-order valence-corrected chi connectivity index (χ2v) is 8.62. The van der Waals surface area contributed by atoms with E-state index in [1.165, 1.54) is 12.1 Å². The van der Waals surface area contributed by atoms with E-state index in [9.17, 15) is 13.2 Å². The summed E-state index contributed by atoms with van der Waals surface area (Å²) in [5.41, 5.74) is 0. The van der Waals surface area contributed by atoms with E-state index in [0.29, 0.717) is 43.2 Å². The molecule has 27 heavy (non-hydrogen) atoms. The Kier molecular flexibility index (Phi) is 6.36. The third-order valence-electron chi connectivity index (χ3n) is 4.51. The molecule has 3 rings (SSSR count). The van der Waals surface area contributed by atoms with Gasteiger partial charge in [-0.15, -0.1) is 0 Å². The van der Waals surface area contributed by atoms with Gasteiger partial charge in [-0.2, -0.15) is 0 Å². The normalized spacial score (nSPS) is 15.5. The Hall–Kier alpha value is -2.09. The molecule has 0 aromatic heterocycles. The lowest BCUT2D eigenvalue weighted by Crippen LogP contribution is -2.42. The summed E-state index contributed by atoms with van der Waals surface area (Å²) in [6, 6.07) is 15.0. The molecule has 0 spiro atoms. The average Bonchev–Trinajstić information content (AvgIpc) is 2.68. The Labute approximate surface area is 164 Å². The highest BCUT2D eigenvalue weighted by molar-refractivity contribution is 7.89. The molecular weight excluding hydrogens is 388 g/mol. The fourth-order valence-electron chi connectivity index (χ4n) is 2.90. The molecule has 1 aliphatic heterocycles. The van der Waals surface area contributed by atoms with E-state index in [1.54, 1.807) is 29.2 Å². The van der Waals surface area contributed by atoms with Crippen LogP contribution in [0.15, 0.2) is 59.5 Å². The van der Waals surface area contributed by atoms with Gasteiger partial charge in [0.15, 0.2) is 0 Å². The fraction of sp³-hybridized carbons (Fsp3) is 0.316. The highest BCUT2D eigenvalue weighted by Gasteiger charge is 2.25. The van der Waals surface area contributed by atoms with E-state index in [2.05, 4.69) is 4.72 Å². The number of halogens is 1. The fourth-order valence-corrected chi connectivity index (χ4v) is 4.14. The quantitative estimate of drug-likeness (QED) is 0.821. The number of piperidine rings is 1. The maximum absolute atomic E-state index is 12.3. The molecule has 1 fully saturated rings. The van der Waals surface area contributed by atoms with Gasteiger partial charge < -0.3 is 9.64 Å². The van der Waals surface area contributed by atoms with Crippen molar-refractivity contribution in [1.82, 2.24) is 9.62 Å². The van der Waals surface area contributed by atoms with Crippen molar-refractivity contribution in [2.75, 3.05) is 19.6 Å². The van der Waals surface area contributed by atoms with Gasteiger partial charge in [-0.25, -0.2) is 17.9 Å². The summed E-state index contributed by atoms with van der Waals surface area (Å²) in [5, 5.41) is 0.490. The van der Waals surface area contributed by atoms with E-state index in [4.69, 9.17) is 16.3 Å². The molecule has 8 heteroatoms. The minimum atomic E-state index is -3.56. The topological polar surface area (TPSA) is 75.7 Å². The Balaban J connectivity index is 1.46. The van der Waals surface area contributed by atoms with Crippen LogP contribution in [-0.2, 0) is 10.0 Å². The molecule has 2 aromatic carbocycles. The first-order chi connectivity index (χ1) is 12.9. The second-order valence-electron chi connectivity index (χ2n) is 6.42. The van der Waals surface area contributed by atoms with E-state index in [1.807, 2.05) is 18.2 Å². The van der Waals surface area contributed by atoms with E-state index < -0.39 is 10.0 Å². The Morgan fingerprint density at radius 2 is 1.70 bits per heavy atom. The van der Waals surface area contributed by atoms with Crippen LogP contribution in [0.3, 0.4) is 0 Å². The van der Waals surface area contributed by atoms with Crippen molar-refractivity contribution in [1.29, 1.82) is 0 Å². The van der Waals surface area contributed by atoms with Crippen molar-refractivity contribution >= 4 is 27.7 Å². The van der Waals surface area contributed by atoms with Crippen LogP contribution in [0.2, 0.25) is 5.02 Å². The molecule has 0 unspecified atom stereocenters. The molecule has 0 saturated carbocycles. The molecule has 1 N–H and O–H groups in total. The van der Waals surface area contributed by atoms with Crippen LogP contribution in [0.1, 0.15) is 12.8 Å². The number of carbonyl (C=O) groups excluding carboxylic acids is 1. The zero-order valence-corrected chi connectivity index (χ0v) is 16.2. The van der Waals surface area contributed by atoms with Crippen molar-refractivity contribution < 1.29 is 17.9 Å². The lowest BCUT2D eigenvalue weighted by molar-refractivity contribution is 0.131. The molecule has 0 bridgehead atoms. The van der Waals surface area contributed by atoms with Crippen LogP contribution in [-0.4, -0.2) is 39.0 Å². The predicted molar refractivity (Wildman–Crippen MR) is 103 cm³/mol. The summed E-state index contributed by atoms with van der Waals surface area (Å²) in [5.74, 6) is 0.688. The Morgan fingerprint density at radius 3 is 2.33 bits per heavy atom. The van der Waals surface area contributed by atoms with Gasteiger partial charge in [0.25, 0.3) is 0 Å². The van der Waals surface area contributed by atoms with Crippen LogP contribution < -0.4 is 9.46 Å². The number of carbonyl (C=O) groups is 1. The number of benzene rings is 2. The molecule has 0 aliphatic carbocycles. The van der Waals surface area contributed by atoms with Gasteiger partial charge >= 0.3 is 6.09 Å². The SMILES string of the molecule is O=C(Oc1ccccc1)N1CCC(CNS(=O)(=O)c2ccc(Cl)cc2)CC1. The highest BCUT2D eigenvalue weighted by Crippen LogP contribution is 2.20. The number of para-hydroxylation sites is 1. The summed E-state index contributed by atoms with van der Waals surface area (Å²) in [7, 11) is -3.56. The lowest BCUT2D eigenvalue weighted by atomic mass is 9.97. The summed E-state index contributed by atoms with van der Waals surface area (Å²) < 4.78 is 32.6. The number of likely N-dealkylation sites (tertiary alicyclic amines) is 1. The summed E-state index contributed by atoms with van der Waals surface area (Å²) in [6.45, 7) is 1.42. The highest BCUT2D eigenvalue weighted by atomic mass is 35.5. The average molecular weight is 409 g/mol. The van der Waals surface area contributed by atoms with Crippen molar-refractivity contribution in [2.24, 2.45) is 5.92 Å². The summed E-state index contributed by atoms with van der Waals surface area (Å²) >= 11 is 5.79. The van der Waals surface area contributed by atoms with Crippen LogP contribution in [0.5, 0.6) is 5.75 Å². The maximum atomic E-state index is 12.3. The Morgan fingerprint density at radius 1 is 1.07 bits per heavy atom. The smallest absolute Gasteiger partial charge is 0.410 e. The number of rotatable bonds is 5. The van der Waals surface area contributed by atoms with Crippen LogP contribution in [0, 0.1) is 5.92 Å². The molecule has 0 radical (unpaired) electrons. The van der Waals surface area contributed by atoms with Crippen LogP contribution in [0.4, 0.5) is 4.79 Å². The minimum absolute atomic E-state index is 0.174. The van der Waals surface area contributed by atoms with E-state index in [-0.39, 0.29) is 16.9 Å². The second kappa shape index (κ2) is 8.73. The zero-order chi connectivity index (χ0) is 19.3. The number of ether oxygens (including phenoxy) is 1. The monoisotopic (exact) mass is 408 g/mol. The molecule has 1 heterocycles. The summed E-state index contributed by atoms with van der Waals surface area (Å²) in [4.78, 5) is 14.0. The van der Waals surface area contributed by atoms with Gasteiger partial charge in [-0.05, 0) is 55.2 Å². The maximum Gasteiger partial charge on any atom is 0.415 e. The van der Waals surface area contributed by atoms with Crippen LogP contribution >= 0.6 is 11.6 Å². The molecular formula is C19H21ClN2O4S. The van der Waals surface area contributed by atoms with Crippen molar-refractivity contribution in [3.05, 3.63) is 59.6 Å². The van der Waals surface area contributed by atoms with Gasteiger partial charge in [0.1, 0.15) is 5.75 Å².